The molecule has 0 atom stereocenters. The fourth-order valence-corrected chi connectivity index (χ4v) is 4.63. The second-order valence-electron chi connectivity index (χ2n) is 8.07. The number of carbonyl (C=O) groups is 2. The molecule has 10 heteroatoms. The molecule has 0 radical (unpaired) electrons. The number of nitrogens with one attached hydrogen (secondary N) is 1. The van der Waals surface area contributed by atoms with E-state index >= 15 is 0 Å². The number of nitrogens with zero attached hydrogens (tertiary/aromatic N) is 4. The summed E-state index contributed by atoms with van der Waals surface area (Å²) >= 11 is 1.35. The molecule has 184 valence electrons. The van der Waals surface area contributed by atoms with Gasteiger partial charge in [0.2, 0.25) is 0 Å². The van der Waals surface area contributed by atoms with E-state index in [9.17, 15) is 14.0 Å². The van der Waals surface area contributed by atoms with Crippen LogP contribution >= 0.6 is 11.3 Å². The van der Waals surface area contributed by atoms with Crippen molar-refractivity contribution in [2.45, 2.75) is 6.54 Å². The van der Waals surface area contributed by atoms with Gasteiger partial charge in [-0.1, -0.05) is 30.3 Å². The van der Waals surface area contributed by atoms with Crippen LogP contribution in [0.2, 0.25) is 0 Å². The van der Waals surface area contributed by atoms with Crippen LogP contribution in [0.5, 0.6) is 0 Å². The predicted molar refractivity (Wildman–Crippen MR) is 134 cm³/mol. The zero-order valence-electron chi connectivity index (χ0n) is 19.5. The summed E-state index contributed by atoms with van der Waals surface area (Å²) in [5.74, 6) is -0.413. The van der Waals surface area contributed by atoms with Crippen molar-refractivity contribution < 1.29 is 18.7 Å². The minimum absolute atomic E-state index is 0.155. The third-order valence-corrected chi connectivity index (χ3v) is 6.57. The minimum Gasteiger partial charge on any atom is -0.383 e. The first-order valence-corrected chi connectivity index (χ1v) is 12.3. The summed E-state index contributed by atoms with van der Waals surface area (Å²) in [5.41, 5.74) is 1.62. The number of carbonyl (C=O) groups excluding carboxylic acids is 2. The molecular weight excluding hydrogens is 469 g/mol. The molecule has 0 unspecified atom stereocenters. The highest BCUT2D eigenvalue weighted by Crippen LogP contribution is 2.21. The summed E-state index contributed by atoms with van der Waals surface area (Å²) in [7, 11) is 1.58. The summed E-state index contributed by atoms with van der Waals surface area (Å²) in [5, 5.41) is 5.27. The van der Waals surface area contributed by atoms with Gasteiger partial charge in [-0.05, 0) is 24.3 Å². The van der Waals surface area contributed by atoms with Gasteiger partial charge in [0.1, 0.15) is 16.5 Å². The first-order valence-electron chi connectivity index (χ1n) is 11.4. The second-order valence-corrected chi connectivity index (χ2v) is 9.01. The summed E-state index contributed by atoms with van der Waals surface area (Å²) in [6.45, 7) is 3.10. The van der Waals surface area contributed by atoms with Crippen LogP contribution in [0.15, 0.2) is 60.0 Å². The van der Waals surface area contributed by atoms with E-state index in [0.29, 0.717) is 61.4 Å². The van der Waals surface area contributed by atoms with E-state index in [1.807, 2.05) is 41.3 Å². The SMILES string of the molecule is COCCN(Cc1nc(C(=O)N2CCN(c3ccccc3F)CC2)cs1)C(=O)Nc1ccccc1. The quantitative estimate of drug-likeness (QED) is 0.510. The zero-order chi connectivity index (χ0) is 24.6. The molecule has 2 heterocycles. The molecule has 1 saturated heterocycles. The number of aromatic nitrogens is 1. The number of thiazole rings is 1. The molecule has 1 aliphatic rings. The molecule has 8 nitrogen and oxygen atoms in total. The van der Waals surface area contributed by atoms with Crippen molar-refractivity contribution in [3.8, 4) is 0 Å². The summed E-state index contributed by atoms with van der Waals surface area (Å²) in [6, 6.07) is 15.6. The maximum absolute atomic E-state index is 14.1. The maximum Gasteiger partial charge on any atom is 0.322 e. The number of hydrogen-bond donors (Lipinski definition) is 1. The lowest BCUT2D eigenvalue weighted by Crippen LogP contribution is -2.49. The Morgan fingerprint density at radius 2 is 1.80 bits per heavy atom. The fraction of sp³-hybridized carbons (Fsp3) is 0.320. The Labute approximate surface area is 207 Å². The Bertz CT molecular complexity index is 1130. The smallest absolute Gasteiger partial charge is 0.322 e. The first-order chi connectivity index (χ1) is 17.0. The molecule has 1 fully saturated rings. The van der Waals surface area contributed by atoms with Crippen LogP contribution in [0, 0.1) is 5.82 Å². The molecule has 35 heavy (non-hydrogen) atoms. The van der Waals surface area contributed by atoms with Crippen LogP contribution in [0.1, 0.15) is 15.5 Å². The monoisotopic (exact) mass is 497 g/mol. The Balaban J connectivity index is 1.36. The number of benzene rings is 2. The Morgan fingerprint density at radius 1 is 1.09 bits per heavy atom. The molecule has 1 aliphatic heterocycles. The van der Waals surface area contributed by atoms with Gasteiger partial charge in [0.05, 0.1) is 18.8 Å². The van der Waals surface area contributed by atoms with Crippen molar-refractivity contribution in [2.75, 3.05) is 56.7 Å². The summed E-state index contributed by atoms with van der Waals surface area (Å²) in [6.07, 6.45) is 0. The molecule has 0 saturated carbocycles. The number of halogens is 1. The summed E-state index contributed by atoms with van der Waals surface area (Å²) < 4.78 is 19.2. The van der Waals surface area contributed by atoms with E-state index in [1.165, 1.54) is 17.4 Å². The van der Waals surface area contributed by atoms with Gasteiger partial charge in [-0.3, -0.25) is 4.79 Å². The predicted octanol–water partition coefficient (Wildman–Crippen LogP) is 3.93. The molecule has 0 bridgehead atoms. The number of anilines is 2. The fourth-order valence-electron chi connectivity index (χ4n) is 3.84. The zero-order valence-corrected chi connectivity index (χ0v) is 20.3. The van der Waals surface area contributed by atoms with Gasteiger partial charge in [0.25, 0.3) is 5.91 Å². The lowest BCUT2D eigenvalue weighted by atomic mass is 10.2. The first kappa shape index (κ1) is 24.6. The number of amides is 3. The Kier molecular flexibility index (Phi) is 8.27. The van der Waals surface area contributed by atoms with Crippen LogP contribution in [-0.4, -0.2) is 73.2 Å². The van der Waals surface area contributed by atoms with E-state index in [2.05, 4.69) is 10.3 Å². The van der Waals surface area contributed by atoms with Crippen molar-refractivity contribution in [2.24, 2.45) is 0 Å². The highest BCUT2D eigenvalue weighted by molar-refractivity contribution is 7.09. The molecule has 1 N–H and O–H groups in total. The average Bonchev–Trinajstić information content (AvgIpc) is 3.36. The van der Waals surface area contributed by atoms with Gasteiger partial charge >= 0.3 is 6.03 Å². The van der Waals surface area contributed by atoms with E-state index in [-0.39, 0.29) is 24.3 Å². The third-order valence-electron chi connectivity index (χ3n) is 5.73. The van der Waals surface area contributed by atoms with E-state index in [1.54, 1.807) is 34.4 Å². The molecule has 0 spiro atoms. The minimum atomic E-state index is -0.263. The van der Waals surface area contributed by atoms with E-state index < -0.39 is 0 Å². The topological polar surface area (TPSA) is 78.0 Å². The van der Waals surface area contributed by atoms with Crippen LogP contribution in [0.3, 0.4) is 0 Å². The molecule has 3 amide bonds. The second kappa shape index (κ2) is 11.8. The van der Waals surface area contributed by atoms with Crippen molar-refractivity contribution in [3.05, 3.63) is 76.5 Å². The molecule has 4 rings (SSSR count). The van der Waals surface area contributed by atoms with Crippen LogP contribution in [0.25, 0.3) is 0 Å². The third kappa shape index (κ3) is 6.34. The number of para-hydroxylation sites is 2. The van der Waals surface area contributed by atoms with Gasteiger partial charge in [0.15, 0.2) is 0 Å². The van der Waals surface area contributed by atoms with E-state index in [0.717, 1.165) is 0 Å². The number of piperazine rings is 1. The molecule has 2 aromatic carbocycles. The van der Waals surface area contributed by atoms with Crippen LogP contribution in [0.4, 0.5) is 20.6 Å². The van der Waals surface area contributed by atoms with Gasteiger partial charge in [-0.25, -0.2) is 14.2 Å². The van der Waals surface area contributed by atoms with E-state index in [4.69, 9.17) is 4.74 Å². The van der Waals surface area contributed by atoms with Crippen LogP contribution < -0.4 is 10.2 Å². The average molecular weight is 498 g/mol. The highest BCUT2D eigenvalue weighted by atomic mass is 32.1. The normalized spacial score (nSPS) is 13.5. The number of urea groups is 1. The standard InChI is InChI=1S/C25H28FN5O3S/c1-34-16-15-31(25(33)27-19-7-3-2-4-8-19)17-23-28-21(18-35-23)24(32)30-13-11-29(12-14-30)22-10-6-5-9-20(22)26/h2-10,18H,11-17H2,1H3,(H,27,33). The number of methoxy groups -OCH3 is 1. The molecular formula is C25H28FN5O3S. The largest absolute Gasteiger partial charge is 0.383 e. The van der Waals surface area contributed by atoms with Gasteiger partial charge in [-0.15, -0.1) is 11.3 Å². The number of hydrogen-bond acceptors (Lipinski definition) is 6. The number of ether oxygens (including phenoxy) is 1. The Morgan fingerprint density at radius 3 is 2.51 bits per heavy atom. The maximum atomic E-state index is 14.1. The van der Waals surface area contributed by atoms with Crippen molar-refractivity contribution in [3.63, 3.8) is 0 Å². The van der Waals surface area contributed by atoms with Gasteiger partial charge < -0.3 is 24.8 Å². The highest BCUT2D eigenvalue weighted by Gasteiger charge is 2.25. The van der Waals surface area contributed by atoms with Gasteiger partial charge in [-0.2, -0.15) is 0 Å². The number of rotatable bonds is 8. The van der Waals surface area contributed by atoms with Crippen molar-refractivity contribution >= 4 is 34.6 Å². The van der Waals surface area contributed by atoms with Crippen molar-refractivity contribution in [1.82, 2.24) is 14.8 Å². The van der Waals surface area contributed by atoms with Gasteiger partial charge in [0, 0.05) is 50.9 Å². The molecule has 1 aromatic heterocycles. The lowest BCUT2D eigenvalue weighted by Gasteiger charge is -2.35. The Hall–Kier alpha value is -3.50. The van der Waals surface area contributed by atoms with Crippen LogP contribution in [-0.2, 0) is 11.3 Å². The molecule has 3 aromatic rings. The summed E-state index contributed by atoms with van der Waals surface area (Å²) in [4.78, 5) is 35.6. The lowest BCUT2D eigenvalue weighted by molar-refractivity contribution is 0.0741. The molecule has 0 aliphatic carbocycles. The van der Waals surface area contributed by atoms with Crippen molar-refractivity contribution in [1.29, 1.82) is 0 Å².